The lowest BCUT2D eigenvalue weighted by molar-refractivity contribution is -0.154. The quantitative estimate of drug-likeness (QED) is 0.267. The Morgan fingerprint density at radius 2 is 1.52 bits per heavy atom. The molecule has 0 saturated carbocycles. The standard InChI is InChI=1S/C22H22O9/c1-29-20-11-15(3-7-18(20)25)5-9-22(28)31-16(12-23)13-30-21(27)8-4-14-2-6-17(24)19(26)10-14/h2-11,16,23-26H,12-13H2,1H3. The Hall–Kier alpha value is -3.98. The summed E-state index contributed by atoms with van der Waals surface area (Å²) in [6.45, 7) is -0.928. The molecule has 1 unspecified atom stereocenters. The first-order valence-corrected chi connectivity index (χ1v) is 9.05. The van der Waals surface area contributed by atoms with E-state index in [0.717, 1.165) is 12.2 Å². The first kappa shape index (κ1) is 23.3. The van der Waals surface area contributed by atoms with Gasteiger partial charge in [-0.1, -0.05) is 12.1 Å². The number of hydrogen-bond acceptors (Lipinski definition) is 9. The van der Waals surface area contributed by atoms with Crippen molar-refractivity contribution in [3.63, 3.8) is 0 Å². The summed E-state index contributed by atoms with van der Waals surface area (Å²) in [5.41, 5.74) is 1.03. The van der Waals surface area contributed by atoms with Crippen molar-refractivity contribution in [1.29, 1.82) is 0 Å². The Bertz CT molecular complexity index is 979. The average molecular weight is 430 g/mol. The molecule has 9 nitrogen and oxygen atoms in total. The van der Waals surface area contributed by atoms with E-state index in [4.69, 9.17) is 14.2 Å². The number of aliphatic hydroxyl groups excluding tert-OH is 1. The third-order valence-corrected chi connectivity index (χ3v) is 3.92. The van der Waals surface area contributed by atoms with Crippen molar-refractivity contribution >= 4 is 24.1 Å². The summed E-state index contributed by atoms with van der Waals surface area (Å²) in [4.78, 5) is 23.7. The molecule has 0 amide bonds. The zero-order chi connectivity index (χ0) is 22.8. The molecular weight excluding hydrogens is 408 g/mol. The number of aliphatic hydroxyl groups is 1. The van der Waals surface area contributed by atoms with Crippen LogP contribution in [0.5, 0.6) is 23.0 Å². The SMILES string of the molecule is COc1cc(C=CC(=O)OC(CO)COC(=O)C=Cc2ccc(O)c(O)c2)ccc1O. The summed E-state index contributed by atoms with van der Waals surface area (Å²) in [6, 6.07) is 8.49. The second-order valence-corrected chi connectivity index (χ2v) is 6.22. The second kappa shape index (κ2) is 11.3. The van der Waals surface area contributed by atoms with Gasteiger partial charge in [-0.15, -0.1) is 0 Å². The van der Waals surface area contributed by atoms with Crippen molar-refractivity contribution in [2.24, 2.45) is 0 Å². The molecule has 0 aromatic heterocycles. The molecule has 31 heavy (non-hydrogen) atoms. The second-order valence-electron chi connectivity index (χ2n) is 6.22. The Balaban J connectivity index is 1.85. The number of phenols is 3. The van der Waals surface area contributed by atoms with Gasteiger partial charge in [-0.2, -0.15) is 0 Å². The molecule has 164 valence electrons. The molecule has 0 fully saturated rings. The van der Waals surface area contributed by atoms with Gasteiger partial charge in [0.15, 0.2) is 29.1 Å². The predicted octanol–water partition coefficient (Wildman–Crippen LogP) is 1.99. The third kappa shape index (κ3) is 7.41. The summed E-state index contributed by atoms with van der Waals surface area (Å²) >= 11 is 0. The van der Waals surface area contributed by atoms with Gasteiger partial charge < -0.3 is 34.6 Å². The monoisotopic (exact) mass is 430 g/mol. The Morgan fingerprint density at radius 1 is 0.903 bits per heavy atom. The molecule has 9 heteroatoms. The number of carbonyl (C=O) groups is 2. The van der Waals surface area contributed by atoms with Crippen LogP contribution >= 0.6 is 0 Å². The van der Waals surface area contributed by atoms with Crippen LogP contribution in [0.25, 0.3) is 12.2 Å². The van der Waals surface area contributed by atoms with Crippen molar-refractivity contribution < 1.29 is 44.2 Å². The number of esters is 2. The number of benzene rings is 2. The van der Waals surface area contributed by atoms with Gasteiger partial charge >= 0.3 is 11.9 Å². The molecule has 0 spiro atoms. The van der Waals surface area contributed by atoms with Crippen LogP contribution in [-0.2, 0) is 19.1 Å². The zero-order valence-corrected chi connectivity index (χ0v) is 16.6. The summed E-state index contributed by atoms with van der Waals surface area (Å²) in [5, 5.41) is 37.6. The Kier molecular flexibility index (Phi) is 8.47. The molecule has 0 radical (unpaired) electrons. The maximum Gasteiger partial charge on any atom is 0.331 e. The van der Waals surface area contributed by atoms with Crippen LogP contribution in [0.3, 0.4) is 0 Å². The van der Waals surface area contributed by atoms with Crippen LogP contribution < -0.4 is 4.74 Å². The van der Waals surface area contributed by atoms with Gasteiger partial charge in [0.1, 0.15) is 6.61 Å². The lowest BCUT2D eigenvalue weighted by Gasteiger charge is -2.13. The van der Waals surface area contributed by atoms with E-state index in [2.05, 4.69) is 0 Å². The Labute approximate surface area is 178 Å². The molecule has 0 aliphatic heterocycles. The van der Waals surface area contributed by atoms with E-state index in [1.54, 1.807) is 6.07 Å². The zero-order valence-electron chi connectivity index (χ0n) is 16.6. The largest absolute Gasteiger partial charge is 0.504 e. The van der Waals surface area contributed by atoms with E-state index in [0.29, 0.717) is 11.1 Å². The van der Waals surface area contributed by atoms with Gasteiger partial charge in [0.05, 0.1) is 13.7 Å². The number of aromatic hydroxyl groups is 3. The van der Waals surface area contributed by atoms with Gasteiger partial charge in [0.25, 0.3) is 0 Å². The predicted molar refractivity (Wildman–Crippen MR) is 110 cm³/mol. The molecule has 2 aromatic carbocycles. The van der Waals surface area contributed by atoms with Gasteiger partial charge in [0, 0.05) is 12.2 Å². The number of hydrogen-bond donors (Lipinski definition) is 4. The normalized spacial score (nSPS) is 12.1. The van der Waals surface area contributed by atoms with Crippen LogP contribution in [0.4, 0.5) is 0 Å². The van der Waals surface area contributed by atoms with Crippen LogP contribution in [0.15, 0.2) is 48.6 Å². The smallest absolute Gasteiger partial charge is 0.331 e. The topological polar surface area (TPSA) is 143 Å². The van der Waals surface area contributed by atoms with E-state index in [1.165, 1.54) is 49.6 Å². The first-order chi connectivity index (χ1) is 14.8. The lowest BCUT2D eigenvalue weighted by atomic mass is 10.2. The molecule has 2 aromatic rings. The highest BCUT2D eigenvalue weighted by Gasteiger charge is 2.14. The van der Waals surface area contributed by atoms with Crippen molar-refractivity contribution in [2.45, 2.75) is 6.10 Å². The Morgan fingerprint density at radius 3 is 2.13 bits per heavy atom. The molecule has 0 heterocycles. The number of phenolic OH excluding ortho intramolecular Hbond substituents is 3. The minimum absolute atomic E-state index is 0.0411. The lowest BCUT2D eigenvalue weighted by Crippen LogP contribution is -2.27. The van der Waals surface area contributed by atoms with E-state index in [-0.39, 0.29) is 29.6 Å². The number of methoxy groups -OCH3 is 1. The summed E-state index contributed by atoms with van der Waals surface area (Å²) in [7, 11) is 1.40. The molecule has 4 N–H and O–H groups in total. The molecule has 0 saturated heterocycles. The van der Waals surface area contributed by atoms with E-state index < -0.39 is 24.6 Å². The minimum atomic E-state index is -1.07. The highest BCUT2D eigenvalue weighted by molar-refractivity contribution is 5.88. The number of carbonyl (C=O) groups excluding carboxylic acids is 2. The summed E-state index contributed by atoms with van der Waals surface area (Å²) in [6.07, 6.45) is 3.92. The minimum Gasteiger partial charge on any atom is -0.504 e. The van der Waals surface area contributed by atoms with E-state index >= 15 is 0 Å². The van der Waals surface area contributed by atoms with E-state index in [1.807, 2.05) is 0 Å². The molecule has 0 bridgehead atoms. The molecule has 0 aliphatic carbocycles. The van der Waals surface area contributed by atoms with Crippen LogP contribution in [0.2, 0.25) is 0 Å². The molecule has 0 aliphatic rings. The van der Waals surface area contributed by atoms with Crippen molar-refractivity contribution in [3.05, 3.63) is 59.7 Å². The van der Waals surface area contributed by atoms with Crippen molar-refractivity contribution in [3.8, 4) is 23.0 Å². The fraction of sp³-hybridized carbons (Fsp3) is 0.182. The highest BCUT2D eigenvalue weighted by Crippen LogP contribution is 2.27. The van der Waals surface area contributed by atoms with Gasteiger partial charge in [-0.3, -0.25) is 0 Å². The summed E-state index contributed by atoms with van der Waals surface area (Å²) < 4.78 is 14.9. The fourth-order valence-corrected chi connectivity index (χ4v) is 2.32. The molecule has 2 rings (SSSR count). The highest BCUT2D eigenvalue weighted by atomic mass is 16.6. The van der Waals surface area contributed by atoms with Crippen LogP contribution in [0.1, 0.15) is 11.1 Å². The van der Waals surface area contributed by atoms with Gasteiger partial charge in [-0.25, -0.2) is 9.59 Å². The van der Waals surface area contributed by atoms with Gasteiger partial charge in [-0.05, 0) is 47.5 Å². The van der Waals surface area contributed by atoms with Gasteiger partial charge in [0.2, 0.25) is 0 Å². The van der Waals surface area contributed by atoms with Crippen LogP contribution in [0, 0.1) is 0 Å². The number of ether oxygens (including phenoxy) is 3. The number of rotatable bonds is 9. The van der Waals surface area contributed by atoms with Crippen molar-refractivity contribution in [1.82, 2.24) is 0 Å². The molecular formula is C22H22O9. The van der Waals surface area contributed by atoms with Crippen LogP contribution in [-0.4, -0.2) is 58.8 Å². The maximum atomic E-state index is 11.9. The third-order valence-electron chi connectivity index (χ3n) is 3.92. The van der Waals surface area contributed by atoms with E-state index in [9.17, 15) is 30.0 Å². The fourth-order valence-electron chi connectivity index (χ4n) is 2.32. The summed E-state index contributed by atoms with van der Waals surface area (Å²) in [5.74, 6) is -1.94. The van der Waals surface area contributed by atoms with Crippen molar-refractivity contribution in [2.75, 3.05) is 20.3 Å². The average Bonchev–Trinajstić information content (AvgIpc) is 2.76. The molecule has 1 atom stereocenters. The maximum absolute atomic E-state index is 11.9. The first-order valence-electron chi connectivity index (χ1n) is 9.05.